The maximum atomic E-state index is 12.0. The largest absolute Gasteiger partial charge is 0.383 e. The van der Waals surface area contributed by atoms with Crippen LogP contribution in [0.2, 0.25) is 0 Å². The molecule has 1 heterocycles. The molecule has 0 atom stereocenters. The molecular formula is C11H12N2O3S. The molecule has 0 amide bonds. The van der Waals surface area contributed by atoms with E-state index in [2.05, 4.69) is 9.98 Å². The number of Topliss-reactive ketones (excluding diaryl/α,β-unsaturated/α-hetero) is 2. The molecule has 0 unspecified atom stereocenters. The molecule has 17 heavy (non-hydrogen) atoms. The number of carbonyl (C=O) groups excluding carboxylic acids is 2. The van der Waals surface area contributed by atoms with Crippen molar-refractivity contribution in [3.05, 3.63) is 15.6 Å². The zero-order valence-electron chi connectivity index (χ0n) is 9.65. The summed E-state index contributed by atoms with van der Waals surface area (Å²) in [7, 11) is 1.57. The number of carbonyl (C=O) groups is 2. The summed E-state index contributed by atoms with van der Waals surface area (Å²) >= 11 is 1.27. The van der Waals surface area contributed by atoms with Gasteiger partial charge in [0.05, 0.1) is 30.3 Å². The van der Waals surface area contributed by atoms with Crippen LogP contribution in [0.5, 0.6) is 0 Å². The van der Waals surface area contributed by atoms with Crippen molar-refractivity contribution in [2.75, 3.05) is 20.3 Å². The molecule has 0 aliphatic heterocycles. The first-order valence-corrected chi connectivity index (χ1v) is 6.02. The van der Waals surface area contributed by atoms with E-state index >= 15 is 0 Å². The first-order chi connectivity index (χ1) is 8.13. The van der Waals surface area contributed by atoms with E-state index in [0.717, 1.165) is 5.01 Å². The molecule has 1 aliphatic carbocycles. The smallest absolute Gasteiger partial charge is 0.227 e. The van der Waals surface area contributed by atoms with Crippen molar-refractivity contribution in [3.8, 4) is 0 Å². The summed E-state index contributed by atoms with van der Waals surface area (Å²) in [5.74, 6) is -0.290. The van der Waals surface area contributed by atoms with E-state index in [9.17, 15) is 9.59 Å². The van der Waals surface area contributed by atoms with Gasteiger partial charge in [0.1, 0.15) is 10.6 Å². The Kier molecular flexibility index (Phi) is 3.44. The topological polar surface area (TPSA) is 68.6 Å². The number of fused-ring (bicyclic) bond motifs is 1. The van der Waals surface area contributed by atoms with Crippen molar-refractivity contribution in [1.29, 1.82) is 0 Å². The second-order valence-electron chi connectivity index (χ2n) is 3.66. The summed E-state index contributed by atoms with van der Waals surface area (Å²) in [6.45, 7) is 2.61. The van der Waals surface area contributed by atoms with Crippen LogP contribution in [0, 0.1) is 6.92 Å². The Balaban J connectivity index is 2.29. The zero-order valence-corrected chi connectivity index (χ0v) is 10.5. The van der Waals surface area contributed by atoms with Gasteiger partial charge >= 0.3 is 0 Å². The average molecular weight is 252 g/mol. The number of rotatable bonds is 3. The Morgan fingerprint density at radius 3 is 2.94 bits per heavy atom. The SMILES string of the molecule is COCCN=C1CC(=O)c2sc(C)nc2C1=O. The lowest BCUT2D eigenvalue weighted by Crippen LogP contribution is -2.27. The molecule has 0 saturated carbocycles. The van der Waals surface area contributed by atoms with Crippen LogP contribution in [0.4, 0.5) is 0 Å². The molecule has 1 aromatic heterocycles. The third-order valence-corrected chi connectivity index (χ3v) is 3.40. The van der Waals surface area contributed by atoms with Crippen LogP contribution in [0.15, 0.2) is 4.99 Å². The molecule has 1 aromatic rings. The molecule has 0 fully saturated rings. The number of nitrogens with zero attached hydrogens (tertiary/aromatic N) is 2. The van der Waals surface area contributed by atoms with Crippen molar-refractivity contribution in [1.82, 2.24) is 4.98 Å². The lowest BCUT2D eigenvalue weighted by Gasteiger charge is -2.10. The lowest BCUT2D eigenvalue weighted by atomic mass is 9.98. The number of hydrogen-bond acceptors (Lipinski definition) is 6. The minimum atomic E-state index is -0.222. The first-order valence-electron chi connectivity index (χ1n) is 5.21. The van der Waals surface area contributed by atoms with Gasteiger partial charge in [0, 0.05) is 7.11 Å². The van der Waals surface area contributed by atoms with Crippen LogP contribution in [0.25, 0.3) is 0 Å². The first kappa shape index (κ1) is 12.1. The van der Waals surface area contributed by atoms with E-state index in [0.29, 0.717) is 23.7 Å². The quantitative estimate of drug-likeness (QED) is 0.760. The number of aromatic nitrogens is 1. The van der Waals surface area contributed by atoms with E-state index in [-0.39, 0.29) is 23.7 Å². The Bertz CT molecular complexity index is 505. The summed E-state index contributed by atoms with van der Waals surface area (Å²) in [4.78, 5) is 32.4. The Morgan fingerprint density at radius 2 is 2.24 bits per heavy atom. The highest BCUT2D eigenvalue weighted by atomic mass is 32.1. The van der Waals surface area contributed by atoms with E-state index in [1.54, 1.807) is 14.0 Å². The number of hydrogen-bond donors (Lipinski definition) is 0. The van der Waals surface area contributed by atoms with Gasteiger partial charge in [-0.25, -0.2) is 4.98 Å². The molecule has 2 rings (SSSR count). The van der Waals surface area contributed by atoms with E-state index in [1.807, 2.05) is 0 Å². The number of thiazole rings is 1. The summed E-state index contributed by atoms with van der Waals surface area (Å²) in [5, 5.41) is 0.731. The normalized spacial score (nSPS) is 17.6. The standard InChI is InChI=1S/C11H12N2O3S/c1-6-13-9-10(15)7(12-3-4-16-2)5-8(14)11(9)17-6/h3-5H2,1-2H3. The van der Waals surface area contributed by atoms with Crippen LogP contribution in [0.3, 0.4) is 0 Å². The average Bonchev–Trinajstić information content (AvgIpc) is 2.68. The number of ketones is 2. The van der Waals surface area contributed by atoms with Gasteiger partial charge < -0.3 is 4.74 Å². The molecule has 6 heteroatoms. The van der Waals surface area contributed by atoms with Crippen molar-refractivity contribution in [2.24, 2.45) is 4.99 Å². The zero-order chi connectivity index (χ0) is 12.4. The van der Waals surface area contributed by atoms with Crippen molar-refractivity contribution in [3.63, 3.8) is 0 Å². The highest BCUT2D eigenvalue weighted by Gasteiger charge is 2.32. The lowest BCUT2D eigenvalue weighted by molar-refractivity contribution is 0.0966. The summed E-state index contributed by atoms with van der Waals surface area (Å²) < 4.78 is 4.85. The van der Waals surface area contributed by atoms with Gasteiger partial charge in [0.15, 0.2) is 5.78 Å². The third kappa shape index (κ3) is 2.32. The molecule has 0 bridgehead atoms. The Morgan fingerprint density at radius 1 is 1.47 bits per heavy atom. The Hall–Kier alpha value is -1.40. The monoisotopic (exact) mass is 252 g/mol. The van der Waals surface area contributed by atoms with Gasteiger partial charge in [0.25, 0.3) is 0 Å². The molecule has 0 aromatic carbocycles. The van der Waals surface area contributed by atoms with Crippen LogP contribution in [0.1, 0.15) is 31.6 Å². The van der Waals surface area contributed by atoms with Crippen LogP contribution < -0.4 is 0 Å². The van der Waals surface area contributed by atoms with Crippen molar-refractivity contribution in [2.45, 2.75) is 13.3 Å². The van der Waals surface area contributed by atoms with E-state index in [4.69, 9.17) is 4.74 Å². The Labute approximate surface area is 103 Å². The molecule has 0 N–H and O–H groups in total. The minimum absolute atomic E-state index is 0.0682. The highest BCUT2D eigenvalue weighted by molar-refractivity contribution is 7.14. The predicted molar refractivity (Wildman–Crippen MR) is 64.3 cm³/mol. The van der Waals surface area contributed by atoms with Gasteiger partial charge in [-0.1, -0.05) is 0 Å². The van der Waals surface area contributed by atoms with Gasteiger partial charge in [-0.05, 0) is 6.92 Å². The van der Waals surface area contributed by atoms with Crippen molar-refractivity contribution < 1.29 is 14.3 Å². The van der Waals surface area contributed by atoms with Gasteiger partial charge in [-0.15, -0.1) is 11.3 Å². The summed E-state index contributed by atoms with van der Waals surface area (Å²) in [5.41, 5.74) is 0.560. The fraction of sp³-hybridized carbons (Fsp3) is 0.455. The molecule has 0 radical (unpaired) electrons. The number of aliphatic imine (C=N–C) groups is 1. The van der Waals surface area contributed by atoms with E-state index < -0.39 is 0 Å². The number of ether oxygens (including phenoxy) is 1. The number of methoxy groups -OCH3 is 1. The van der Waals surface area contributed by atoms with Crippen LogP contribution in [-0.4, -0.2) is 42.5 Å². The molecule has 1 aliphatic rings. The maximum absolute atomic E-state index is 12.0. The fourth-order valence-electron chi connectivity index (χ4n) is 1.62. The summed E-state index contributed by atoms with van der Waals surface area (Å²) in [6.07, 6.45) is 0.0805. The van der Waals surface area contributed by atoms with Gasteiger partial charge in [0.2, 0.25) is 5.78 Å². The second-order valence-corrected chi connectivity index (χ2v) is 4.86. The van der Waals surface area contributed by atoms with Crippen LogP contribution >= 0.6 is 11.3 Å². The predicted octanol–water partition coefficient (Wildman–Crippen LogP) is 1.31. The van der Waals surface area contributed by atoms with Gasteiger partial charge in [-0.2, -0.15) is 0 Å². The highest BCUT2D eigenvalue weighted by Crippen LogP contribution is 2.25. The molecular weight excluding hydrogens is 240 g/mol. The van der Waals surface area contributed by atoms with Crippen molar-refractivity contribution >= 4 is 28.6 Å². The summed E-state index contributed by atoms with van der Waals surface area (Å²) in [6, 6.07) is 0. The third-order valence-electron chi connectivity index (χ3n) is 2.39. The fourth-order valence-corrected chi connectivity index (χ4v) is 2.47. The maximum Gasteiger partial charge on any atom is 0.227 e. The van der Waals surface area contributed by atoms with Crippen LogP contribution in [-0.2, 0) is 4.74 Å². The molecule has 5 nitrogen and oxygen atoms in total. The van der Waals surface area contributed by atoms with E-state index in [1.165, 1.54) is 11.3 Å². The number of aryl methyl sites for hydroxylation is 1. The minimum Gasteiger partial charge on any atom is -0.383 e. The second kappa shape index (κ2) is 4.85. The van der Waals surface area contributed by atoms with Gasteiger partial charge in [-0.3, -0.25) is 14.6 Å². The molecule has 0 spiro atoms. The molecule has 0 saturated heterocycles. The molecule has 90 valence electrons.